The molecule has 1 aliphatic heterocycles. The minimum Gasteiger partial charge on any atom is -0.465 e. The highest BCUT2D eigenvalue weighted by Gasteiger charge is 2.31. The molecule has 0 saturated carbocycles. The van der Waals surface area contributed by atoms with Gasteiger partial charge in [0.1, 0.15) is 0 Å². The second kappa shape index (κ2) is 6.26. The van der Waals surface area contributed by atoms with Gasteiger partial charge in [-0.3, -0.25) is 0 Å². The zero-order valence-electron chi connectivity index (χ0n) is 10.9. The van der Waals surface area contributed by atoms with Crippen molar-refractivity contribution in [3.63, 3.8) is 0 Å². The van der Waals surface area contributed by atoms with Crippen molar-refractivity contribution in [1.29, 1.82) is 0 Å². The molecule has 0 aliphatic carbocycles. The third-order valence-corrected chi connectivity index (χ3v) is 3.88. The lowest BCUT2D eigenvalue weighted by atomic mass is 9.94. The van der Waals surface area contributed by atoms with E-state index in [4.69, 9.17) is 16.3 Å². The average molecular weight is 284 g/mol. The highest BCUT2D eigenvalue weighted by molar-refractivity contribution is 6.30. The van der Waals surface area contributed by atoms with E-state index in [0.29, 0.717) is 18.0 Å². The molecule has 1 N–H and O–H groups in total. The van der Waals surface area contributed by atoms with Gasteiger partial charge >= 0.3 is 6.09 Å². The maximum atomic E-state index is 11.3. The van der Waals surface area contributed by atoms with Crippen LogP contribution in [0.2, 0.25) is 5.02 Å². The first kappa shape index (κ1) is 14.2. The van der Waals surface area contributed by atoms with Crippen LogP contribution in [0, 0.1) is 0 Å². The van der Waals surface area contributed by atoms with Crippen molar-refractivity contribution in [2.75, 3.05) is 13.7 Å². The lowest BCUT2D eigenvalue weighted by Gasteiger charge is -2.37. The number of piperidine rings is 1. The number of hydrogen-bond donors (Lipinski definition) is 1. The first-order valence-corrected chi connectivity index (χ1v) is 6.74. The summed E-state index contributed by atoms with van der Waals surface area (Å²) in [5.74, 6) is 0. The Labute approximate surface area is 117 Å². The number of benzene rings is 1. The van der Waals surface area contributed by atoms with Crippen molar-refractivity contribution in [2.45, 2.75) is 31.4 Å². The Morgan fingerprint density at radius 3 is 2.74 bits per heavy atom. The number of rotatable bonds is 3. The lowest BCUT2D eigenvalue weighted by molar-refractivity contribution is 0.0154. The summed E-state index contributed by atoms with van der Waals surface area (Å²) in [6, 6.07) is 7.52. The fourth-order valence-corrected chi connectivity index (χ4v) is 2.69. The van der Waals surface area contributed by atoms with E-state index in [9.17, 15) is 9.90 Å². The number of ether oxygens (including phenoxy) is 1. The Balaban J connectivity index is 2.08. The van der Waals surface area contributed by atoms with Crippen LogP contribution in [-0.4, -0.2) is 41.9 Å². The number of nitrogens with zero attached hydrogens (tertiary/aromatic N) is 1. The van der Waals surface area contributed by atoms with Gasteiger partial charge in [-0.05, 0) is 37.0 Å². The maximum Gasteiger partial charge on any atom is 0.407 e. The molecule has 0 radical (unpaired) electrons. The van der Waals surface area contributed by atoms with Crippen molar-refractivity contribution < 1.29 is 14.6 Å². The average Bonchev–Trinajstić information content (AvgIpc) is 2.41. The summed E-state index contributed by atoms with van der Waals surface area (Å²) in [6.45, 7) is 0.534. The van der Waals surface area contributed by atoms with Crippen LogP contribution in [0.15, 0.2) is 24.3 Å². The molecule has 1 heterocycles. The number of halogens is 1. The first-order chi connectivity index (χ1) is 9.10. The largest absolute Gasteiger partial charge is 0.465 e. The molecule has 1 aromatic carbocycles. The summed E-state index contributed by atoms with van der Waals surface area (Å²) in [4.78, 5) is 12.8. The van der Waals surface area contributed by atoms with Crippen LogP contribution >= 0.6 is 11.6 Å². The zero-order valence-corrected chi connectivity index (χ0v) is 11.6. The van der Waals surface area contributed by atoms with Crippen molar-refractivity contribution in [2.24, 2.45) is 0 Å². The third kappa shape index (κ3) is 3.61. The standard InChI is InChI=1S/C14H18ClNO3/c1-19-13-6-7-16(14(17)18)12(9-13)8-10-2-4-11(15)5-3-10/h2-5,12-13H,6-9H2,1H3,(H,17,18)/t12-,13+/m0/s1. The Morgan fingerprint density at radius 2 is 2.16 bits per heavy atom. The summed E-state index contributed by atoms with van der Waals surface area (Å²) in [7, 11) is 1.68. The Hall–Kier alpha value is -1.26. The van der Waals surface area contributed by atoms with Gasteiger partial charge in [-0.15, -0.1) is 0 Å². The molecule has 1 fully saturated rings. The summed E-state index contributed by atoms with van der Waals surface area (Å²) in [5.41, 5.74) is 1.09. The minimum atomic E-state index is -0.853. The molecule has 2 atom stereocenters. The molecule has 1 aliphatic rings. The summed E-state index contributed by atoms with van der Waals surface area (Å²) in [5, 5.41) is 9.95. The van der Waals surface area contributed by atoms with E-state index < -0.39 is 6.09 Å². The van der Waals surface area contributed by atoms with E-state index in [0.717, 1.165) is 18.4 Å². The molecule has 0 aromatic heterocycles. The molecule has 5 heteroatoms. The molecule has 0 bridgehead atoms. The van der Waals surface area contributed by atoms with Gasteiger partial charge < -0.3 is 14.7 Å². The van der Waals surface area contributed by atoms with Crippen molar-refractivity contribution in [1.82, 2.24) is 4.90 Å². The number of amides is 1. The van der Waals surface area contributed by atoms with E-state index in [1.54, 1.807) is 7.11 Å². The molecule has 0 spiro atoms. The predicted molar refractivity (Wildman–Crippen MR) is 73.7 cm³/mol. The van der Waals surface area contributed by atoms with Crippen LogP contribution in [0.4, 0.5) is 4.79 Å². The highest BCUT2D eigenvalue weighted by Crippen LogP contribution is 2.23. The van der Waals surface area contributed by atoms with Gasteiger partial charge in [0.2, 0.25) is 0 Å². The van der Waals surface area contributed by atoms with Crippen LogP contribution in [-0.2, 0) is 11.2 Å². The smallest absolute Gasteiger partial charge is 0.407 e. The molecule has 2 rings (SSSR count). The van der Waals surface area contributed by atoms with Gasteiger partial charge in [0.05, 0.1) is 6.10 Å². The summed E-state index contributed by atoms with van der Waals surface area (Å²) in [6.07, 6.45) is 1.50. The molecule has 104 valence electrons. The predicted octanol–water partition coefficient (Wildman–Crippen LogP) is 3.04. The maximum absolute atomic E-state index is 11.3. The molecular weight excluding hydrogens is 266 g/mol. The van der Waals surface area contributed by atoms with Crippen LogP contribution in [0.25, 0.3) is 0 Å². The molecule has 1 amide bonds. The molecule has 4 nitrogen and oxygen atoms in total. The minimum absolute atomic E-state index is 0.0302. The SMILES string of the molecule is CO[C@@H]1CCN(C(=O)O)[C@@H](Cc2ccc(Cl)cc2)C1. The van der Waals surface area contributed by atoms with Gasteiger partial charge in [-0.1, -0.05) is 23.7 Å². The van der Waals surface area contributed by atoms with E-state index in [-0.39, 0.29) is 12.1 Å². The van der Waals surface area contributed by atoms with Gasteiger partial charge in [0.25, 0.3) is 0 Å². The van der Waals surface area contributed by atoms with Crippen molar-refractivity contribution in [3.05, 3.63) is 34.9 Å². The van der Waals surface area contributed by atoms with Gasteiger partial charge in [0.15, 0.2) is 0 Å². The number of hydrogen-bond acceptors (Lipinski definition) is 2. The Kier molecular flexibility index (Phi) is 4.66. The van der Waals surface area contributed by atoms with E-state index in [1.165, 1.54) is 4.90 Å². The monoisotopic (exact) mass is 283 g/mol. The number of carboxylic acid groups (broad SMARTS) is 1. The second-order valence-electron chi connectivity index (χ2n) is 4.84. The van der Waals surface area contributed by atoms with Gasteiger partial charge in [-0.25, -0.2) is 4.79 Å². The van der Waals surface area contributed by atoms with Crippen LogP contribution in [0.3, 0.4) is 0 Å². The van der Waals surface area contributed by atoms with E-state index >= 15 is 0 Å². The van der Waals surface area contributed by atoms with Crippen molar-refractivity contribution >= 4 is 17.7 Å². The lowest BCUT2D eigenvalue weighted by Crippen LogP contribution is -2.48. The quantitative estimate of drug-likeness (QED) is 0.927. The Morgan fingerprint density at radius 1 is 1.47 bits per heavy atom. The second-order valence-corrected chi connectivity index (χ2v) is 5.28. The number of carbonyl (C=O) groups is 1. The van der Waals surface area contributed by atoms with Crippen LogP contribution in [0.1, 0.15) is 18.4 Å². The molecular formula is C14H18ClNO3. The molecule has 19 heavy (non-hydrogen) atoms. The topological polar surface area (TPSA) is 49.8 Å². The molecule has 1 aromatic rings. The molecule has 0 unspecified atom stereocenters. The molecule has 1 saturated heterocycles. The highest BCUT2D eigenvalue weighted by atomic mass is 35.5. The van der Waals surface area contributed by atoms with Gasteiger partial charge in [-0.2, -0.15) is 0 Å². The van der Waals surface area contributed by atoms with Gasteiger partial charge in [0, 0.05) is 24.7 Å². The van der Waals surface area contributed by atoms with Crippen LogP contribution in [0.5, 0.6) is 0 Å². The van der Waals surface area contributed by atoms with Crippen molar-refractivity contribution in [3.8, 4) is 0 Å². The first-order valence-electron chi connectivity index (χ1n) is 6.37. The fraction of sp³-hybridized carbons (Fsp3) is 0.500. The zero-order chi connectivity index (χ0) is 13.8. The number of methoxy groups -OCH3 is 1. The van der Waals surface area contributed by atoms with E-state index in [1.807, 2.05) is 24.3 Å². The fourth-order valence-electron chi connectivity index (χ4n) is 2.57. The Bertz CT molecular complexity index is 435. The number of likely N-dealkylation sites (tertiary alicyclic amines) is 1. The van der Waals surface area contributed by atoms with Crippen LogP contribution < -0.4 is 0 Å². The van der Waals surface area contributed by atoms with E-state index in [2.05, 4.69) is 0 Å². The normalized spacial score (nSPS) is 23.4. The summed E-state index contributed by atoms with van der Waals surface area (Å²) >= 11 is 5.85. The third-order valence-electron chi connectivity index (χ3n) is 3.63. The summed E-state index contributed by atoms with van der Waals surface area (Å²) < 4.78 is 5.37.